The average Bonchev–Trinajstić information content (AvgIpc) is 2.97. The summed E-state index contributed by atoms with van der Waals surface area (Å²) in [5.41, 5.74) is 3.35. The zero-order valence-corrected chi connectivity index (χ0v) is 24.6. The predicted octanol–water partition coefficient (Wildman–Crippen LogP) is 5.18. The van der Waals surface area contributed by atoms with E-state index < -0.39 is 11.5 Å². The summed E-state index contributed by atoms with van der Waals surface area (Å²) < 4.78 is 22.8. The molecular formula is C31H30ClFN6O3. The molecule has 2 aliphatic heterocycles. The molecule has 0 N–H and O–H groups in total. The lowest BCUT2D eigenvalue weighted by Crippen LogP contribution is -2.54. The summed E-state index contributed by atoms with van der Waals surface area (Å²) in [5, 5.41) is 0.908. The number of aromatic nitrogens is 4. The highest BCUT2D eigenvalue weighted by Gasteiger charge is 2.33. The Morgan fingerprint density at radius 3 is 2.69 bits per heavy atom. The Bertz CT molecular complexity index is 1840. The van der Waals surface area contributed by atoms with Crippen LogP contribution >= 0.6 is 11.6 Å². The third-order valence-corrected chi connectivity index (χ3v) is 8.29. The van der Waals surface area contributed by atoms with Crippen LogP contribution in [-0.2, 0) is 11.4 Å². The maximum absolute atomic E-state index is 15.3. The van der Waals surface area contributed by atoms with Crippen molar-refractivity contribution < 1.29 is 13.9 Å². The number of hydrogen-bond acceptors (Lipinski definition) is 7. The predicted molar refractivity (Wildman–Crippen MR) is 160 cm³/mol. The highest BCUT2D eigenvalue weighted by atomic mass is 35.5. The van der Waals surface area contributed by atoms with Gasteiger partial charge in [-0.15, -0.1) is 0 Å². The summed E-state index contributed by atoms with van der Waals surface area (Å²) in [4.78, 5) is 43.7. The number of anilines is 1. The molecule has 4 aromatic rings. The number of benzene rings is 1. The van der Waals surface area contributed by atoms with Gasteiger partial charge < -0.3 is 14.5 Å². The molecule has 1 amide bonds. The number of ether oxygens (including phenoxy) is 1. The Balaban J connectivity index is 1.70. The van der Waals surface area contributed by atoms with Crippen LogP contribution in [0.3, 0.4) is 0 Å². The standard InChI is InChI=1S/C31H30ClFN6O3/c1-6-23(40)37-11-12-38(18(5)14-37)29-19-13-21(32)24-20(15-42-30-25(24)22(33)8-10-35-30)28(19)39(31(41)36-29)27-17(4)7-9-34-26(27)16(2)3/h6-10,13,16,18H,1,11-12,14-15H2,2-5H3/t18-/m0/s1. The SMILES string of the molecule is C=CC(=O)N1CCN(c2nc(=O)n(-c3c(C)ccnc3C(C)C)c3c4c(c(Cl)cc23)-c2c(F)ccnc2OC4)[C@@H](C)C1. The van der Waals surface area contributed by atoms with Crippen molar-refractivity contribution in [1.82, 2.24) is 24.4 Å². The molecule has 2 aliphatic rings. The molecule has 0 saturated carbocycles. The maximum Gasteiger partial charge on any atom is 0.354 e. The van der Waals surface area contributed by atoms with Gasteiger partial charge in [0.1, 0.15) is 18.2 Å². The van der Waals surface area contributed by atoms with E-state index in [4.69, 9.17) is 16.3 Å². The number of aryl methyl sites for hydroxylation is 1. The van der Waals surface area contributed by atoms with E-state index >= 15 is 4.39 Å². The number of nitrogens with zero attached hydrogens (tertiary/aromatic N) is 6. The van der Waals surface area contributed by atoms with Crippen molar-refractivity contribution in [2.45, 2.75) is 46.3 Å². The van der Waals surface area contributed by atoms with E-state index in [0.717, 1.165) is 11.3 Å². The van der Waals surface area contributed by atoms with Crippen molar-refractivity contribution in [1.29, 1.82) is 0 Å². The fourth-order valence-electron chi connectivity index (χ4n) is 6.04. The Morgan fingerprint density at radius 2 is 1.98 bits per heavy atom. The van der Waals surface area contributed by atoms with E-state index in [2.05, 4.69) is 21.5 Å². The Morgan fingerprint density at radius 1 is 1.21 bits per heavy atom. The molecule has 9 nitrogen and oxygen atoms in total. The van der Waals surface area contributed by atoms with Crippen molar-refractivity contribution in [2.24, 2.45) is 0 Å². The normalized spacial score (nSPS) is 16.3. The number of carbonyl (C=O) groups is 1. The number of fused-ring (bicyclic) bond motifs is 5. The van der Waals surface area contributed by atoms with Gasteiger partial charge in [0.25, 0.3) is 0 Å². The third kappa shape index (κ3) is 4.32. The summed E-state index contributed by atoms with van der Waals surface area (Å²) in [6, 6.07) is 4.69. The number of pyridine rings is 2. The molecule has 0 spiro atoms. The van der Waals surface area contributed by atoms with E-state index in [9.17, 15) is 9.59 Å². The minimum atomic E-state index is -0.526. The molecule has 0 unspecified atom stereocenters. The number of hydrogen-bond donors (Lipinski definition) is 0. The van der Waals surface area contributed by atoms with E-state index in [1.165, 1.54) is 18.3 Å². The van der Waals surface area contributed by atoms with Crippen LogP contribution in [0, 0.1) is 12.7 Å². The second-order valence-corrected chi connectivity index (χ2v) is 11.4. The summed E-state index contributed by atoms with van der Waals surface area (Å²) in [7, 11) is 0. The number of rotatable bonds is 4. The molecule has 216 valence electrons. The summed E-state index contributed by atoms with van der Waals surface area (Å²) in [5.74, 6) is -0.0870. The molecule has 42 heavy (non-hydrogen) atoms. The fourth-order valence-corrected chi connectivity index (χ4v) is 6.35. The molecule has 11 heteroatoms. The first-order valence-corrected chi connectivity index (χ1v) is 14.2. The van der Waals surface area contributed by atoms with E-state index in [1.807, 2.05) is 38.7 Å². The van der Waals surface area contributed by atoms with Gasteiger partial charge >= 0.3 is 5.69 Å². The molecule has 0 bridgehead atoms. The minimum absolute atomic E-state index is 0.00114. The van der Waals surface area contributed by atoms with Crippen LogP contribution in [0.15, 0.2) is 48.0 Å². The lowest BCUT2D eigenvalue weighted by Gasteiger charge is -2.40. The van der Waals surface area contributed by atoms with Crippen molar-refractivity contribution in [3.05, 3.63) is 81.4 Å². The van der Waals surface area contributed by atoms with Gasteiger partial charge in [0.2, 0.25) is 11.8 Å². The highest BCUT2D eigenvalue weighted by Crippen LogP contribution is 2.46. The van der Waals surface area contributed by atoms with Gasteiger partial charge in [0.15, 0.2) is 0 Å². The van der Waals surface area contributed by atoms with Gasteiger partial charge in [-0.25, -0.2) is 14.2 Å². The number of piperazine rings is 1. The molecule has 1 aromatic carbocycles. The monoisotopic (exact) mass is 588 g/mol. The van der Waals surface area contributed by atoms with Crippen LogP contribution in [0.5, 0.6) is 5.88 Å². The van der Waals surface area contributed by atoms with Crippen molar-refractivity contribution >= 4 is 34.2 Å². The van der Waals surface area contributed by atoms with Crippen LogP contribution in [-0.4, -0.2) is 56.0 Å². The third-order valence-electron chi connectivity index (χ3n) is 7.99. The van der Waals surface area contributed by atoms with Gasteiger partial charge in [-0.05, 0) is 49.6 Å². The first-order valence-electron chi connectivity index (χ1n) is 13.8. The fraction of sp³-hybridized carbons (Fsp3) is 0.323. The molecule has 1 atom stereocenters. The molecule has 5 heterocycles. The van der Waals surface area contributed by atoms with Crippen LogP contribution in [0.4, 0.5) is 10.2 Å². The zero-order chi connectivity index (χ0) is 29.9. The Hall–Kier alpha value is -4.31. The number of carbonyl (C=O) groups excluding carboxylic acids is 1. The lowest BCUT2D eigenvalue weighted by atomic mass is 9.94. The second kappa shape index (κ2) is 10.5. The van der Waals surface area contributed by atoms with Crippen LogP contribution in [0.2, 0.25) is 5.02 Å². The van der Waals surface area contributed by atoms with E-state index in [0.29, 0.717) is 58.2 Å². The van der Waals surface area contributed by atoms with Crippen LogP contribution in [0.1, 0.15) is 43.5 Å². The van der Waals surface area contributed by atoms with Crippen LogP contribution < -0.4 is 15.3 Å². The first-order chi connectivity index (χ1) is 20.1. The number of halogens is 2. The summed E-state index contributed by atoms with van der Waals surface area (Å²) in [6.07, 6.45) is 4.37. The Labute approximate surface area is 247 Å². The number of amides is 1. The topological polar surface area (TPSA) is 93.5 Å². The molecule has 6 rings (SSSR count). The lowest BCUT2D eigenvalue weighted by molar-refractivity contribution is -0.126. The van der Waals surface area contributed by atoms with Gasteiger partial charge in [-0.2, -0.15) is 4.98 Å². The van der Waals surface area contributed by atoms with Crippen LogP contribution in [0.25, 0.3) is 27.7 Å². The van der Waals surface area contributed by atoms with Crippen molar-refractivity contribution in [3.8, 4) is 22.7 Å². The van der Waals surface area contributed by atoms with E-state index in [-0.39, 0.29) is 35.9 Å². The summed E-state index contributed by atoms with van der Waals surface area (Å²) >= 11 is 6.94. The smallest absolute Gasteiger partial charge is 0.354 e. The molecule has 0 radical (unpaired) electrons. The maximum atomic E-state index is 15.3. The quantitative estimate of drug-likeness (QED) is 0.303. The Kier molecular flexibility index (Phi) is 6.97. The van der Waals surface area contributed by atoms with Crippen molar-refractivity contribution in [3.63, 3.8) is 0 Å². The molecular weight excluding hydrogens is 559 g/mol. The van der Waals surface area contributed by atoms with Gasteiger partial charge in [-0.3, -0.25) is 14.3 Å². The first kappa shape index (κ1) is 27.8. The zero-order valence-electron chi connectivity index (χ0n) is 23.8. The molecule has 3 aromatic heterocycles. The largest absolute Gasteiger partial charge is 0.472 e. The summed E-state index contributed by atoms with van der Waals surface area (Å²) in [6.45, 7) is 12.9. The van der Waals surface area contributed by atoms with Gasteiger partial charge in [0.05, 0.1) is 22.5 Å². The molecule has 0 aliphatic carbocycles. The molecule has 1 saturated heterocycles. The highest BCUT2D eigenvalue weighted by molar-refractivity contribution is 6.35. The van der Waals surface area contributed by atoms with Gasteiger partial charge in [-0.1, -0.05) is 32.0 Å². The average molecular weight is 589 g/mol. The minimum Gasteiger partial charge on any atom is -0.472 e. The molecule has 1 fully saturated rings. The second-order valence-electron chi connectivity index (χ2n) is 11.0. The van der Waals surface area contributed by atoms with Crippen molar-refractivity contribution in [2.75, 3.05) is 24.5 Å². The van der Waals surface area contributed by atoms with E-state index in [1.54, 1.807) is 21.7 Å². The van der Waals surface area contributed by atoms with Gasteiger partial charge in [0, 0.05) is 59.6 Å².